The van der Waals surface area contributed by atoms with E-state index in [0.717, 1.165) is 41.8 Å². The Morgan fingerprint density at radius 2 is 2.12 bits per heavy atom. The molecule has 3 saturated heterocycles. The molecule has 3 aliphatic heterocycles. The van der Waals surface area contributed by atoms with E-state index in [9.17, 15) is 9.18 Å². The lowest BCUT2D eigenvalue weighted by atomic mass is 9.86. The van der Waals surface area contributed by atoms with Gasteiger partial charge in [0.2, 0.25) is 0 Å². The lowest BCUT2D eigenvalue weighted by molar-refractivity contribution is -0.0289. The largest absolute Gasteiger partial charge is 0.444 e. The molecule has 1 aromatic heterocycles. The molecule has 5 rings (SSSR count). The number of ether oxygens (including phenoxy) is 1. The highest BCUT2D eigenvalue weighted by atomic mass is 79.9. The summed E-state index contributed by atoms with van der Waals surface area (Å²) in [4.78, 5) is 15.6. The van der Waals surface area contributed by atoms with Crippen LogP contribution in [0.2, 0.25) is 0 Å². The van der Waals surface area contributed by atoms with Crippen molar-refractivity contribution in [3.63, 3.8) is 0 Å². The molecule has 132 valence electrons. The van der Waals surface area contributed by atoms with E-state index in [1.807, 2.05) is 11.4 Å². The number of benzene rings is 1. The lowest BCUT2D eigenvalue weighted by Crippen LogP contribution is -2.52. The highest BCUT2D eigenvalue weighted by Crippen LogP contribution is 2.38. The SMILES string of the molecule is O=C(Nc1ccc(F)cc1-c1sccc1Br)O[C@H]1CN2CCC1CC2. The first kappa shape index (κ1) is 17.0. The molecule has 3 aliphatic rings. The van der Waals surface area contributed by atoms with Crippen molar-refractivity contribution in [2.24, 2.45) is 5.92 Å². The normalized spacial score (nSPS) is 25.0. The third-order valence-corrected chi connectivity index (χ3v) is 6.81. The summed E-state index contributed by atoms with van der Waals surface area (Å²) in [6.07, 6.45) is 1.64. The molecule has 1 amide bonds. The van der Waals surface area contributed by atoms with Crippen LogP contribution in [0, 0.1) is 11.7 Å². The number of fused-ring (bicyclic) bond motifs is 3. The van der Waals surface area contributed by atoms with Crippen molar-refractivity contribution in [2.45, 2.75) is 18.9 Å². The molecule has 2 aromatic rings. The topological polar surface area (TPSA) is 41.6 Å². The molecule has 0 aliphatic carbocycles. The summed E-state index contributed by atoms with van der Waals surface area (Å²) in [5.41, 5.74) is 1.20. The van der Waals surface area contributed by atoms with Crippen molar-refractivity contribution in [1.29, 1.82) is 0 Å². The molecule has 0 radical (unpaired) electrons. The van der Waals surface area contributed by atoms with Gasteiger partial charge in [0, 0.05) is 16.6 Å². The van der Waals surface area contributed by atoms with Crippen LogP contribution < -0.4 is 5.32 Å². The fourth-order valence-corrected chi connectivity index (χ4v) is 5.24. The number of piperidine rings is 3. The zero-order valence-corrected chi connectivity index (χ0v) is 15.9. The Morgan fingerprint density at radius 3 is 2.76 bits per heavy atom. The summed E-state index contributed by atoms with van der Waals surface area (Å²) < 4.78 is 20.3. The van der Waals surface area contributed by atoms with Crippen LogP contribution in [-0.2, 0) is 4.74 Å². The van der Waals surface area contributed by atoms with Crippen LogP contribution >= 0.6 is 27.3 Å². The Labute approximate surface area is 158 Å². The smallest absolute Gasteiger partial charge is 0.411 e. The number of hydrogen-bond donors (Lipinski definition) is 1. The molecule has 3 fully saturated rings. The first-order chi connectivity index (χ1) is 12.1. The van der Waals surface area contributed by atoms with Crippen LogP contribution in [0.4, 0.5) is 14.9 Å². The van der Waals surface area contributed by atoms with E-state index in [1.165, 1.54) is 23.5 Å². The van der Waals surface area contributed by atoms with Gasteiger partial charge in [-0.1, -0.05) is 0 Å². The van der Waals surface area contributed by atoms with E-state index in [0.29, 0.717) is 17.2 Å². The summed E-state index contributed by atoms with van der Waals surface area (Å²) in [5.74, 6) is 0.112. The maximum absolute atomic E-state index is 13.7. The fourth-order valence-electron chi connectivity index (χ4n) is 3.62. The fraction of sp³-hybridized carbons (Fsp3) is 0.389. The average molecular weight is 425 g/mol. The Hall–Kier alpha value is -1.44. The molecule has 1 N–H and O–H groups in total. The number of thiophene rings is 1. The second kappa shape index (κ2) is 7.05. The summed E-state index contributed by atoms with van der Waals surface area (Å²) in [6, 6.07) is 6.25. The van der Waals surface area contributed by atoms with Gasteiger partial charge in [0.25, 0.3) is 0 Å². The van der Waals surface area contributed by atoms with E-state index >= 15 is 0 Å². The molecule has 7 heteroatoms. The minimum atomic E-state index is -0.473. The van der Waals surface area contributed by atoms with Gasteiger partial charge in [0.15, 0.2) is 0 Å². The van der Waals surface area contributed by atoms with Crippen molar-refractivity contribution in [3.05, 3.63) is 39.9 Å². The Balaban J connectivity index is 1.51. The number of carbonyl (C=O) groups is 1. The molecule has 4 nitrogen and oxygen atoms in total. The van der Waals surface area contributed by atoms with E-state index in [2.05, 4.69) is 26.1 Å². The predicted molar refractivity (Wildman–Crippen MR) is 100 cm³/mol. The average Bonchev–Trinajstić information content (AvgIpc) is 3.03. The molecule has 2 bridgehead atoms. The number of rotatable bonds is 3. The van der Waals surface area contributed by atoms with Crippen molar-refractivity contribution in [2.75, 3.05) is 25.0 Å². The van der Waals surface area contributed by atoms with Crippen molar-refractivity contribution in [3.8, 4) is 10.4 Å². The zero-order chi connectivity index (χ0) is 17.4. The Morgan fingerprint density at radius 1 is 1.32 bits per heavy atom. The molecule has 1 aromatic carbocycles. The zero-order valence-electron chi connectivity index (χ0n) is 13.5. The number of carbonyl (C=O) groups excluding carboxylic acids is 1. The number of hydrogen-bond acceptors (Lipinski definition) is 4. The van der Waals surface area contributed by atoms with Crippen LogP contribution in [-0.4, -0.2) is 36.7 Å². The highest BCUT2D eigenvalue weighted by Gasteiger charge is 2.36. The van der Waals surface area contributed by atoms with Crippen LogP contribution in [0.3, 0.4) is 0 Å². The molecule has 0 saturated carbocycles. The summed E-state index contributed by atoms with van der Waals surface area (Å²) in [5, 5.41) is 4.72. The van der Waals surface area contributed by atoms with Crippen molar-refractivity contribution >= 4 is 39.0 Å². The predicted octanol–water partition coefficient (Wildman–Crippen LogP) is 4.96. The van der Waals surface area contributed by atoms with E-state index in [4.69, 9.17) is 4.74 Å². The standard InChI is InChI=1S/C18H18BrFN2O2S/c19-14-5-8-25-17(14)13-9-12(20)1-2-15(13)21-18(23)24-16-10-22-6-3-11(16)4-7-22/h1-2,5,8-9,11,16H,3-4,6-7,10H2,(H,21,23)/t16-/m0/s1. The lowest BCUT2D eigenvalue weighted by Gasteiger charge is -2.43. The first-order valence-corrected chi connectivity index (χ1v) is 10.0. The van der Waals surface area contributed by atoms with Crippen LogP contribution in [0.5, 0.6) is 0 Å². The van der Waals surface area contributed by atoms with Crippen molar-refractivity contribution < 1.29 is 13.9 Å². The quantitative estimate of drug-likeness (QED) is 0.756. The second-order valence-electron chi connectivity index (χ2n) is 6.49. The number of halogens is 2. The van der Waals surface area contributed by atoms with Gasteiger partial charge in [-0.2, -0.15) is 0 Å². The minimum absolute atomic E-state index is 0.0557. The molecule has 1 atom stereocenters. The van der Waals surface area contributed by atoms with E-state index < -0.39 is 6.09 Å². The molecular weight excluding hydrogens is 407 g/mol. The van der Waals surface area contributed by atoms with Gasteiger partial charge in [-0.05, 0) is 77.4 Å². The second-order valence-corrected chi connectivity index (χ2v) is 8.26. The van der Waals surface area contributed by atoms with Gasteiger partial charge >= 0.3 is 6.09 Å². The summed E-state index contributed by atoms with van der Waals surface area (Å²) in [6.45, 7) is 3.01. The number of nitrogens with one attached hydrogen (secondary N) is 1. The monoisotopic (exact) mass is 424 g/mol. The van der Waals surface area contributed by atoms with Gasteiger partial charge in [-0.3, -0.25) is 10.2 Å². The highest BCUT2D eigenvalue weighted by molar-refractivity contribution is 9.10. The van der Waals surface area contributed by atoms with Gasteiger partial charge in [-0.25, -0.2) is 9.18 Å². The molecular formula is C18H18BrFN2O2S. The molecule has 25 heavy (non-hydrogen) atoms. The Bertz CT molecular complexity index is 789. The third-order valence-electron chi connectivity index (χ3n) is 4.93. The minimum Gasteiger partial charge on any atom is -0.444 e. The maximum atomic E-state index is 13.7. The summed E-state index contributed by atoms with van der Waals surface area (Å²) in [7, 11) is 0. The van der Waals surface area contributed by atoms with Crippen LogP contribution in [0.25, 0.3) is 10.4 Å². The third kappa shape index (κ3) is 3.59. The molecule has 0 spiro atoms. The van der Waals surface area contributed by atoms with E-state index in [-0.39, 0.29) is 11.9 Å². The van der Waals surface area contributed by atoms with Gasteiger partial charge in [0.05, 0.1) is 10.6 Å². The number of anilines is 1. The maximum Gasteiger partial charge on any atom is 0.411 e. The molecule has 4 heterocycles. The van der Waals surface area contributed by atoms with Crippen molar-refractivity contribution in [1.82, 2.24) is 4.90 Å². The van der Waals surface area contributed by atoms with Crippen LogP contribution in [0.1, 0.15) is 12.8 Å². The van der Waals surface area contributed by atoms with Gasteiger partial charge in [-0.15, -0.1) is 11.3 Å². The Kier molecular flexibility index (Phi) is 4.80. The summed E-state index contributed by atoms with van der Waals surface area (Å²) >= 11 is 4.95. The molecule has 0 unspecified atom stereocenters. The van der Waals surface area contributed by atoms with Gasteiger partial charge < -0.3 is 4.74 Å². The first-order valence-electron chi connectivity index (χ1n) is 8.33. The number of amides is 1. The van der Waals surface area contributed by atoms with Crippen LogP contribution in [0.15, 0.2) is 34.1 Å². The van der Waals surface area contributed by atoms with E-state index in [1.54, 1.807) is 6.07 Å². The number of nitrogens with zero attached hydrogens (tertiary/aromatic N) is 1. The van der Waals surface area contributed by atoms with Gasteiger partial charge in [0.1, 0.15) is 11.9 Å².